The molecule has 0 aliphatic rings. The zero-order valence-electron chi connectivity index (χ0n) is 14.0. The smallest absolute Gasteiger partial charge is 0.287 e. The van der Waals surface area contributed by atoms with E-state index in [0.29, 0.717) is 17.3 Å². The van der Waals surface area contributed by atoms with Crippen LogP contribution in [-0.2, 0) is 6.54 Å². The molecule has 0 aliphatic carbocycles. The topological polar surface area (TPSA) is 64.4 Å². The second kappa shape index (κ2) is 6.69. The Labute approximate surface area is 154 Å². The molecule has 0 saturated carbocycles. The summed E-state index contributed by atoms with van der Waals surface area (Å²) in [5.41, 5.74) is 2.01. The van der Waals surface area contributed by atoms with Crippen molar-refractivity contribution in [2.24, 2.45) is 0 Å². The predicted octanol–water partition coefficient (Wildman–Crippen LogP) is 4.57. The number of carbonyl (C=O) groups excluding carboxylic acids is 1. The number of rotatable bonds is 4. The molecule has 4 rings (SSSR count). The van der Waals surface area contributed by atoms with Gasteiger partial charge in [0.05, 0.1) is 12.6 Å². The van der Waals surface area contributed by atoms with Crippen LogP contribution in [0.4, 0.5) is 0 Å². The Morgan fingerprint density at radius 3 is 2.85 bits per heavy atom. The summed E-state index contributed by atoms with van der Waals surface area (Å²) >= 11 is 6.00. The van der Waals surface area contributed by atoms with Crippen LogP contribution >= 0.6 is 11.6 Å². The largest absolute Gasteiger partial charge is 0.496 e. The summed E-state index contributed by atoms with van der Waals surface area (Å²) in [6.45, 7) is 0.338. The van der Waals surface area contributed by atoms with Crippen molar-refractivity contribution in [2.45, 2.75) is 6.54 Å². The molecule has 2 aromatic carbocycles. The van der Waals surface area contributed by atoms with E-state index in [1.807, 2.05) is 36.4 Å². The Morgan fingerprint density at radius 1 is 1.15 bits per heavy atom. The maximum atomic E-state index is 12.4. The number of nitrogens with one attached hydrogen (secondary N) is 1. The van der Waals surface area contributed by atoms with Crippen molar-refractivity contribution in [3.63, 3.8) is 0 Å². The summed E-state index contributed by atoms with van der Waals surface area (Å²) in [6, 6.07) is 16.6. The molecule has 0 radical (unpaired) electrons. The monoisotopic (exact) mass is 366 g/mol. The van der Waals surface area contributed by atoms with Crippen molar-refractivity contribution in [1.82, 2.24) is 10.3 Å². The Hall–Kier alpha value is -3.05. The van der Waals surface area contributed by atoms with Gasteiger partial charge in [-0.15, -0.1) is 0 Å². The van der Waals surface area contributed by atoms with Gasteiger partial charge in [-0.2, -0.15) is 0 Å². The summed E-state index contributed by atoms with van der Waals surface area (Å²) in [7, 11) is 1.60. The van der Waals surface area contributed by atoms with Gasteiger partial charge in [-0.25, -0.2) is 4.98 Å². The SMILES string of the molecule is COc1ccccc1CNC(=O)c1cc2cc3ccc(Cl)cc3nc2o1. The number of benzene rings is 2. The minimum atomic E-state index is -0.309. The van der Waals surface area contributed by atoms with Crippen molar-refractivity contribution >= 4 is 39.5 Å². The van der Waals surface area contributed by atoms with Crippen LogP contribution in [0.5, 0.6) is 5.75 Å². The molecule has 2 aromatic heterocycles. The molecule has 0 spiro atoms. The maximum absolute atomic E-state index is 12.4. The Kier molecular flexibility index (Phi) is 4.22. The highest BCUT2D eigenvalue weighted by molar-refractivity contribution is 6.31. The van der Waals surface area contributed by atoms with E-state index in [2.05, 4.69) is 10.3 Å². The minimum absolute atomic E-state index is 0.212. The average Bonchev–Trinajstić information content (AvgIpc) is 3.07. The fourth-order valence-electron chi connectivity index (χ4n) is 2.82. The van der Waals surface area contributed by atoms with Gasteiger partial charge in [0.25, 0.3) is 5.91 Å². The first-order valence-corrected chi connectivity index (χ1v) is 8.42. The number of nitrogens with zero attached hydrogens (tertiary/aromatic N) is 1. The fourth-order valence-corrected chi connectivity index (χ4v) is 2.99. The zero-order valence-corrected chi connectivity index (χ0v) is 14.7. The van der Waals surface area contributed by atoms with Crippen molar-refractivity contribution in [3.05, 3.63) is 70.9 Å². The van der Waals surface area contributed by atoms with Crippen LogP contribution in [0.2, 0.25) is 5.02 Å². The summed E-state index contributed by atoms with van der Waals surface area (Å²) in [4.78, 5) is 16.9. The summed E-state index contributed by atoms with van der Waals surface area (Å²) in [5.74, 6) is 0.627. The maximum Gasteiger partial charge on any atom is 0.287 e. The third-order valence-electron chi connectivity index (χ3n) is 4.12. The molecule has 0 atom stereocenters. The van der Waals surface area contributed by atoms with E-state index in [0.717, 1.165) is 27.6 Å². The average molecular weight is 367 g/mol. The van der Waals surface area contributed by atoms with E-state index in [1.165, 1.54) is 0 Å². The number of aromatic nitrogens is 1. The fraction of sp³-hybridized carbons (Fsp3) is 0.100. The second-order valence-corrected chi connectivity index (χ2v) is 6.26. The number of hydrogen-bond donors (Lipinski definition) is 1. The lowest BCUT2D eigenvalue weighted by Gasteiger charge is -2.08. The third kappa shape index (κ3) is 3.09. The van der Waals surface area contributed by atoms with Gasteiger partial charge >= 0.3 is 0 Å². The van der Waals surface area contributed by atoms with E-state index in [9.17, 15) is 4.79 Å². The van der Waals surface area contributed by atoms with Crippen molar-refractivity contribution in [3.8, 4) is 5.75 Å². The third-order valence-corrected chi connectivity index (χ3v) is 4.36. The number of amides is 1. The molecule has 0 bridgehead atoms. The molecule has 0 unspecified atom stereocenters. The highest BCUT2D eigenvalue weighted by atomic mass is 35.5. The van der Waals surface area contributed by atoms with Gasteiger partial charge in [0.2, 0.25) is 5.71 Å². The highest BCUT2D eigenvalue weighted by Crippen LogP contribution is 2.25. The number of halogens is 1. The molecular weight excluding hydrogens is 352 g/mol. The first-order chi connectivity index (χ1) is 12.6. The number of hydrogen-bond acceptors (Lipinski definition) is 4. The van der Waals surface area contributed by atoms with E-state index >= 15 is 0 Å². The van der Waals surface area contributed by atoms with E-state index in [1.54, 1.807) is 25.3 Å². The molecule has 26 heavy (non-hydrogen) atoms. The number of methoxy groups -OCH3 is 1. The second-order valence-electron chi connectivity index (χ2n) is 5.82. The molecule has 2 heterocycles. The first kappa shape index (κ1) is 16.4. The Morgan fingerprint density at radius 2 is 2.00 bits per heavy atom. The van der Waals surface area contributed by atoms with Gasteiger partial charge in [0.15, 0.2) is 5.76 Å². The summed E-state index contributed by atoms with van der Waals surface area (Å²) < 4.78 is 10.9. The molecule has 130 valence electrons. The molecule has 0 saturated heterocycles. The van der Waals surface area contributed by atoms with Crippen molar-refractivity contribution in [2.75, 3.05) is 7.11 Å². The van der Waals surface area contributed by atoms with Gasteiger partial charge in [-0.3, -0.25) is 4.79 Å². The number of pyridine rings is 1. The van der Waals surface area contributed by atoms with Crippen molar-refractivity contribution in [1.29, 1.82) is 0 Å². The lowest BCUT2D eigenvalue weighted by molar-refractivity contribution is 0.0925. The van der Waals surface area contributed by atoms with E-state index in [4.69, 9.17) is 20.8 Å². The number of fused-ring (bicyclic) bond motifs is 2. The van der Waals surface area contributed by atoms with Crippen LogP contribution in [0, 0.1) is 0 Å². The standard InChI is InChI=1S/C20H15ClN2O3/c1-25-17-5-3-2-4-13(17)11-22-19(24)18-9-14-8-12-6-7-15(21)10-16(12)23-20(14)26-18/h2-10H,11H2,1H3,(H,22,24). The molecule has 5 nitrogen and oxygen atoms in total. The lowest BCUT2D eigenvalue weighted by Crippen LogP contribution is -2.22. The lowest BCUT2D eigenvalue weighted by atomic mass is 10.2. The summed E-state index contributed by atoms with van der Waals surface area (Å²) in [6.07, 6.45) is 0. The van der Waals surface area contributed by atoms with Crippen LogP contribution in [0.25, 0.3) is 22.0 Å². The zero-order chi connectivity index (χ0) is 18.1. The van der Waals surface area contributed by atoms with Crippen LogP contribution in [0.1, 0.15) is 16.1 Å². The van der Waals surface area contributed by atoms with E-state index in [-0.39, 0.29) is 11.7 Å². The molecule has 1 N–H and O–H groups in total. The molecule has 4 aromatic rings. The Bertz CT molecular complexity index is 1120. The number of ether oxygens (including phenoxy) is 1. The quantitative estimate of drug-likeness (QED) is 0.574. The number of carbonyl (C=O) groups is 1. The predicted molar refractivity (Wildman–Crippen MR) is 101 cm³/mol. The molecule has 0 fully saturated rings. The van der Waals surface area contributed by atoms with Gasteiger partial charge in [0, 0.05) is 27.9 Å². The van der Waals surface area contributed by atoms with Gasteiger partial charge in [-0.05, 0) is 30.3 Å². The van der Waals surface area contributed by atoms with E-state index < -0.39 is 0 Å². The highest BCUT2D eigenvalue weighted by Gasteiger charge is 2.14. The van der Waals surface area contributed by atoms with Gasteiger partial charge < -0.3 is 14.5 Å². The van der Waals surface area contributed by atoms with Crippen LogP contribution in [-0.4, -0.2) is 18.0 Å². The van der Waals surface area contributed by atoms with Gasteiger partial charge in [-0.1, -0.05) is 35.9 Å². The van der Waals surface area contributed by atoms with Crippen LogP contribution in [0.3, 0.4) is 0 Å². The molecule has 1 amide bonds. The molecule has 6 heteroatoms. The number of para-hydroxylation sites is 1. The minimum Gasteiger partial charge on any atom is -0.496 e. The Balaban J connectivity index is 1.59. The van der Waals surface area contributed by atoms with Crippen LogP contribution in [0.15, 0.2) is 59.0 Å². The number of furan rings is 1. The first-order valence-electron chi connectivity index (χ1n) is 8.04. The normalized spacial score (nSPS) is 11.0. The molecular formula is C20H15ClN2O3. The van der Waals surface area contributed by atoms with Crippen molar-refractivity contribution < 1.29 is 13.9 Å². The van der Waals surface area contributed by atoms with Crippen LogP contribution < -0.4 is 10.1 Å². The van der Waals surface area contributed by atoms with Gasteiger partial charge in [0.1, 0.15) is 5.75 Å². The molecule has 0 aliphatic heterocycles. The summed E-state index contributed by atoms with van der Waals surface area (Å²) in [5, 5.41) is 5.14.